The average molecular weight is 268 g/mol. The number of nitrogens with zero attached hydrogens (tertiary/aromatic N) is 1. The van der Waals surface area contributed by atoms with Gasteiger partial charge in [-0.25, -0.2) is 0 Å². The number of likely N-dealkylation sites (N-methyl/N-ethyl adjacent to an activating group) is 1. The van der Waals surface area contributed by atoms with Gasteiger partial charge in [-0.05, 0) is 35.9 Å². The predicted octanol–water partition coefficient (Wildman–Crippen LogP) is 3.18. The van der Waals surface area contributed by atoms with E-state index in [1.54, 1.807) is 0 Å². The molecule has 0 aliphatic carbocycles. The van der Waals surface area contributed by atoms with Crippen molar-refractivity contribution in [2.24, 2.45) is 0 Å². The van der Waals surface area contributed by atoms with Gasteiger partial charge in [0.1, 0.15) is 0 Å². The molecule has 0 bridgehead atoms. The van der Waals surface area contributed by atoms with Crippen LogP contribution in [0.4, 0.5) is 0 Å². The fourth-order valence-electron chi connectivity index (χ4n) is 2.91. The minimum Gasteiger partial charge on any atom is -0.372 e. The van der Waals surface area contributed by atoms with Crippen LogP contribution in [0.3, 0.4) is 0 Å². The lowest BCUT2D eigenvalue weighted by Crippen LogP contribution is -2.23. The number of rotatable bonds is 4. The van der Waals surface area contributed by atoms with Crippen molar-refractivity contribution < 1.29 is 4.74 Å². The molecular weight excluding hydrogens is 248 g/mol. The van der Waals surface area contributed by atoms with E-state index in [4.69, 9.17) is 4.74 Å². The molecular formula is C17H20N2O. The van der Waals surface area contributed by atoms with E-state index in [0.717, 1.165) is 18.9 Å². The van der Waals surface area contributed by atoms with Gasteiger partial charge in [-0.15, -0.1) is 0 Å². The van der Waals surface area contributed by atoms with E-state index in [9.17, 15) is 0 Å². The Labute approximate surface area is 120 Å². The third-order valence-corrected chi connectivity index (χ3v) is 4.07. The molecule has 0 saturated heterocycles. The lowest BCUT2D eigenvalue weighted by atomic mass is 9.90. The summed E-state index contributed by atoms with van der Waals surface area (Å²) in [5, 5.41) is 3.43. The van der Waals surface area contributed by atoms with Crippen LogP contribution in [0.25, 0.3) is 0 Å². The van der Waals surface area contributed by atoms with Crippen LogP contribution < -0.4 is 5.32 Å². The van der Waals surface area contributed by atoms with E-state index in [-0.39, 0.29) is 6.04 Å². The minimum absolute atomic E-state index is 0.260. The van der Waals surface area contributed by atoms with Gasteiger partial charge in [0.05, 0.1) is 13.2 Å². The van der Waals surface area contributed by atoms with Crippen LogP contribution in [-0.2, 0) is 18.0 Å². The lowest BCUT2D eigenvalue weighted by molar-refractivity contribution is 0.134. The zero-order chi connectivity index (χ0) is 13.9. The Kier molecular flexibility index (Phi) is 3.81. The molecule has 0 amide bonds. The van der Waals surface area contributed by atoms with Crippen molar-refractivity contribution in [3.63, 3.8) is 0 Å². The van der Waals surface area contributed by atoms with E-state index < -0.39 is 0 Å². The molecule has 1 aromatic heterocycles. The van der Waals surface area contributed by atoms with Crippen molar-refractivity contribution >= 4 is 0 Å². The molecule has 20 heavy (non-hydrogen) atoms. The van der Waals surface area contributed by atoms with E-state index >= 15 is 0 Å². The van der Waals surface area contributed by atoms with Gasteiger partial charge in [0.15, 0.2) is 0 Å². The SMILES string of the molecule is CNC(c1ccc2c(c1)COC2)C(C)c1ccccn1. The highest BCUT2D eigenvalue weighted by Gasteiger charge is 2.22. The van der Waals surface area contributed by atoms with Crippen LogP contribution in [0.15, 0.2) is 42.6 Å². The van der Waals surface area contributed by atoms with Gasteiger partial charge in [-0.3, -0.25) is 4.98 Å². The Morgan fingerprint density at radius 2 is 2.00 bits per heavy atom. The third kappa shape index (κ3) is 2.47. The Hall–Kier alpha value is -1.71. The first kappa shape index (κ1) is 13.3. The van der Waals surface area contributed by atoms with Gasteiger partial charge in [0.25, 0.3) is 0 Å². The topological polar surface area (TPSA) is 34.1 Å². The summed E-state index contributed by atoms with van der Waals surface area (Å²) in [5.74, 6) is 0.321. The number of hydrogen-bond acceptors (Lipinski definition) is 3. The van der Waals surface area contributed by atoms with Crippen molar-refractivity contribution in [1.82, 2.24) is 10.3 Å². The molecule has 3 heteroatoms. The monoisotopic (exact) mass is 268 g/mol. The summed E-state index contributed by atoms with van der Waals surface area (Å²) in [5.41, 5.74) is 5.04. The Morgan fingerprint density at radius 3 is 2.75 bits per heavy atom. The van der Waals surface area contributed by atoms with Crippen LogP contribution in [-0.4, -0.2) is 12.0 Å². The largest absolute Gasteiger partial charge is 0.372 e. The Bertz CT molecular complexity index is 583. The van der Waals surface area contributed by atoms with Crippen molar-refractivity contribution in [3.05, 3.63) is 65.0 Å². The average Bonchev–Trinajstić information content (AvgIpc) is 2.96. The maximum Gasteiger partial charge on any atom is 0.0725 e. The molecule has 0 spiro atoms. The summed E-state index contributed by atoms with van der Waals surface area (Å²) < 4.78 is 5.50. The van der Waals surface area contributed by atoms with Crippen molar-refractivity contribution in [3.8, 4) is 0 Å². The fraction of sp³-hybridized carbons (Fsp3) is 0.353. The maximum atomic E-state index is 5.50. The van der Waals surface area contributed by atoms with E-state index in [1.165, 1.54) is 16.7 Å². The first-order valence-electron chi connectivity index (χ1n) is 7.07. The molecule has 2 heterocycles. The smallest absolute Gasteiger partial charge is 0.0725 e. The summed E-state index contributed by atoms with van der Waals surface area (Å²) in [6.07, 6.45) is 1.86. The number of hydrogen-bond donors (Lipinski definition) is 1. The van der Waals surface area contributed by atoms with Crippen LogP contribution in [0.5, 0.6) is 0 Å². The molecule has 3 rings (SSSR count). The van der Waals surface area contributed by atoms with Crippen molar-refractivity contribution in [1.29, 1.82) is 0 Å². The van der Waals surface area contributed by atoms with E-state index in [2.05, 4.69) is 41.5 Å². The third-order valence-electron chi connectivity index (χ3n) is 4.07. The fourth-order valence-corrected chi connectivity index (χ4v) is 2.91. The number of fused-ring (bicyclic) bond motifs is 1. The summed E-state index contributed by atoms with van der Waals surface area (Å²) in [7, 11) is 2.01. The molecule has 1 N–H and O–H groups in total. The Balaban J connectivity index is 1.90. The highest BCUT2D eigenvalue weighted by atomic mass is 16.5. The quantitative estimate of drug-likeness (QED) is 0.924. The molecule has 1 aliphatic rings. The van der Waals surface area contributed by atoms with Gasteiger partial charge < -0.3 is 10.1 Å². The van der Waals surface area contributed by atoms with Gasteiger partial charge in [0.2, 0.25) is 0 Å². The van der Waals surface area contributed by atoms with Crippen molar-refractivity contribution in [2.45, 2.75) is 32.1 Å². The number of pyridine rings is 1. The molecule has 1 aliphatic heterocycles. The first-order chi connectivity index (χ1) is 9.79. The highest BCUT2D eigenvalue weighted by Crippen LogP contribution is 2.31. The molecule has 2 unspecified atom stereocenters. The van der Waals surface area contributed by atoms with Crippen LogP contribution in [0, 0.1) is 0 Å². The second-order valence-electron chi connectivity index (χ2n) is 5.33. The van der Waals surface area contributed by atoms with Crippen LogP contribution >= 0.6 is 0 Å². The second kappa shape index (κ2) is 5.73. The second-order valence-corrected chi connectivity index (χ2v) is 5.33. The summed E-state index contributed by atoms with van der Waals surface area (Å²) in [4.78, 5) is 4.48. The first-order valence-corrected chi connectivity index (χ1v) is 7.07. The normalized spacial score (nSPS) is 16.7. The molecule has 0 saturated carbocycles. The van der Waals surface area contributed by atoms with Gasteiger partial charge in [0, 0.05) is 23.9 Å². The van der Waals surface area contributed by atoms with Gasteiger partial charge in [-0.1, -0.05) is 31.2 Å². The van der Waals surface area contributed by atoms with E-state index in [0.29, 0.717) is 5.92 Å². The molecule has 1 aromatic carbocycles. The van der Waals surface area contributed by atoms with Gasteiger partial charge >= 0.3 is 0 Å². The maximum absolute atomic E-state index is 5.50. The minimum atomic E-state index is 0.260. The number of aromatic nitrogens is 1. The Morgan fingerprint density at radius 1 is 1.15 bits per heavy atom. The molecule has 0 fully saturated rings. The number of nitrogens with one attached hydrogen (secondary N) is 1. The summed E-state index contributed by atoms with van der Waals surface area (Å²) in [6.45, 7) is 3.69. The predicted molar refractivity (Wildman–Crippen MR) is 79.4 cm³/mol. The van der Waals surface area contributed by atoms with Crippen LogP contribution in [0.2, 0.25) is 0 Å². The molecule has 0 radical (unpaired) electrons. The standard InChI is InChI=1S/C17H20N2O/c1-12(16-5-3-4-8-19-16)17(18-2)13-6-7-14-10-20-11-15(14)9-13/h3-9,12,17-18H,10-11H2,1-2H3. The molecule has 104 valence electrons. The molecule has 3 nitrogen and oxygen atoms in total. The summed E-state index contributed by atoms with van der Waals surface area (Å²) >= 11 is 0. The van der Waals surface area contributed by atoms with Gasteiger partial charge in [-0.2, -0.15) is 0 Å². The zero-order valence-corrected chi connectivity index (χ0v) is 12.0. The van der Waals surface area contributed by atoms with Crippen molar-refractivity contribution in [2.75, 3.05) is 7.05 Å². The van der Waals surface area contributed by atoms with Crippen LogP contribution in [0.1, 0.15) is 41.3 Å². The lowest BCUT2D eigenvalue weighted by Gasteiger charge is -2.24. The summed E-state index contributed by atoms with van der Waals surface area (Å²) in [6, 6.07) is 13.0. The number of benzene rings is 1. The highest BCUT2D eigenvalue weighted by molar-refractivity contribution is 5.36. The molecule has 2 atom stereocenters. The molecule has 2 aromatic rings. The number of ether oxygens (including phenoxy) is 1. The van der Waals surface area contributed by atoms with E-state index in [1.807, 2.05) is 25.4 Å². The zero-order valence-electron chi connectivity index (χ0n) is 12.0.